The lowest BCUT2D eigenvalue weighted by molar-refractivity contribution is -0.149. The van der Waals surface area contributed by atoms with E-state index in [-0.39, 0.29) is 17.7 Å². The summed E-state index contributed by atoms with van der Waals surface area (Å²) in [5.41, 5.74) is -0.985. The van der Waals surface area contributed by atoms with Crippen LogP contribution < -0.4 is 11.0 Å². The van der Waals surface area contributed by atoms with Gasteiger partial charge in [-0.3, -0.25) is 9.36 Å². The van der Waals surface area contributed by atoms with Crippen LogP contribution in [0, 0.1) is 0 Å². The number of nitrogens with one attached hydrogen (secondary N) is 2. The number of hydrogen-bond donors (Lipinski definition) is 2. The van der Waals surface area contributed by atoms with E-state index in [0.717, 1.165) is 12.8 Å². The lowest BCUT2D eigenvalue weighted by Gasteiger charge is -2.25. The molecule has 1 aromatic rings. The van der Waals surface area contributed by atoms with E-state index in [9.17, 15) is 9.59 Å². The maximum absolute atomic E-state index is 12.0. The molecule has 112 valence electrons. The van der Waals surface area contributed by atoms with E-state index in [0.29, 0.717) is 17.5 Å². The predicted octanol–water partition coefficient (Wildman–Crippen LogP) is 0.540. The number of ether oxygens (including phenoxy) is 1. The van der Waals surface area contributed by atoms with Gasteiger partial charge in [-0.25, -0.2) is 9.89 Å². The Kier molecular flexibility index (Phi) is 4.54. The van der Waals surface area contributed by atoms with Crippen LogP contribution in [-0.4, -0.2) is 45.7 Å². The Hall–Kier alpha value is -1.28. The highest BCUT2D eigenvalue weighted by molar-refractivity contribution is 7.99. The Morgan fingerprint density at radius 2 is 2.35 bits per heavy atom. The zero-order chi connectivity index (χ0) is 14.8. The summed E-state index contributed by atoms with van der Waals surface area (Å²) in [5, 5.41) is 10.1. The van der Waals surface area contributed by atoms with Crippen molar-refractivity contribution >= 4 is 17.7 Å². The molecule has 1 aliphatic rings. The summed E-state index contributed by atoms with van der Waals surface area (Å²) in [5.74, 6) is 0.144. The van der Waals surface area contributed by atoms with Crippen molar-refractivity contribution < 1.29 is 9.53 Å². The Balaban J connectivity index is 2.07. The van der Waals surface area contributed by atoms with Gasteiger partial charge in [-0.2, -0.15) is 0 Å². The number of nitrogens with zero attached hydrogens (tertiary/aromatic N) is 2. The van der Waals surface area contributed by atoms with E-state index in [4.69, 9.17) is 4.74 Å². The fourth-order valence-corrected chi connectivity index (χ4v) is 2.94. The van der Waals surface area contributed by atoms with Gasteiger partial charge in [0.2, 0.25) is 0 Å². The first-order chi connectivity index (χ1) is 9.51. The molecule has 0 amide bonds. The van der Waals surface area contributed by atoms with E-state index >= 15 is 0 Å². The molecule has 0 saturated heterocycles. The summed E-state index contributed by atoms with van der Waals surface area (Å²) in [4.78, 5) is 23.6. The topological polar surface area (TPSA) is 89.0 Å². The number of hydrogen-bond acceptors (Lipinski definition) is 6. The summed E-state index contributed by atoms with van der Waals surface area (Å²) >= 11 is 1.38. The monoisotopic (exact) mass is 300 g/mol. The van der Waals surface area contributed by atoms with Gasteiger partial charge in [-0.1, -0.05) is 11.8 Å². The second-order valence-electron chi connectivity index (χ2n) is 5.00. The molecule has 1 fully saturated rings. The van der Waals surface area contributed by atoms with Crippen LogP contribution in [0.4, 0.5) is 0 Å². The molecule has 1 atom stereocenters. The van der Waals surface area contributed by atoms with Gasteiger partial charge in [-0.15, -0.1) is 5.10 Å². The minimum Gasteiger partial charge on any atom is -0.465 e. The van der Waals surface area contributed by atoms with Crippen molar-refractivity contribution in [2.24, 2.45) is 0 Å². The van der Waals surface area contributed by atoms with Crippen LogP contribution in [0.2, 0.25) is 0 Å². The van der Waals surface area contributed by atoms with Crippen LogP contribution in [0.15, 0.2) is 9.95 Å². The van der Waals surface area contributed by atoms with Gasteiger partial charge in [0.15, 0.2) is 5.16 Å². The number of thioether (sulfide) groups is 1. The maximum atomic E-state index is 12.0. The summed E-state index contributed by atoms with van der Waals surface area (Å²) in [6.45, 7) is 3.90. The molecular formula is C12H20N4O3S. The molecule has 1 saturated carbocycles. The van der Waals surface area contributed by atoms with Crippen molar-refractivity contribution in [3.8, 4) is 0 Å². The van der Waals surface area contributed by atoms with Gasteiger partial charge < -0.3 is 10.1 Å². The summed E-state index contributed by atoms with van der Waals surface area (Å²) in [6, 6.07) is 0.257. The fraction of sp³-hybridized carbons (Fsp3) is 0.750. The number of likely N-dealkylation sites (N-methyl/N-ethyl adjacent to an activating group) is 1. The molecule has 1 heterocycles. The molecule has 0 spiro atoms. The molecular weight excluding hydrogens is 280 g/mol. The van der Waals surface area contributed by atoms with Crippen molar-refractivity contribution in [1.82, 2.24) is 20.1 Å². The van der Waals surface area contributed by atoms with Gasteiger partial charge >= 0.3 is 11.7 Å². The van der Waals surface area contributed by atoms with Crippen LogP contribution >= 0.6 is 11.8 Å². The normalized spacial score (nSPS) is 17.8. The quantitative estimate of drug-likeness (QED) is 0.564. The standard InChI is InChI=1S/C12H20N4O3S/c1-4-19-9(17)12(2,13-3)7-20-11-15-14-10(18)16(11)8-5-6-8/h8,13H,4-7H2,1-3H3,(H,14,18). The zero-order valence-electron chi connectivity index (χ0n) is 11.9. The fourth-order valence-electron chi connectivity index (χ4n) is 1.78. The Labute approximate surface area is 121 Å². The maximum Gasteiger partial charge on any atom is 0.344 e. The number of aromatic amines is 1. The van der Waals surface area contributed by atoms with Gasteiger partial charge in [0.25, 0.3) is 0 Å². The molecule has 7 nitrogen and oxygen atoms in total. The van der Waals surface area contributed by atoms with E-state index < -0.39 is 5.54 Å². The Morgan fingerprint density at radius 1 is 1.65 bits per heavy atom. The van der Waals surface area contributed by atoms with Crippen molar-refractivity contribution in [1.29, 1.82) is 0 Å². The minimum absolute atomic E-state index is 0.183. The highest BCUT2D eigenvalue weighted by Crippen LogP contribution is 2.36. The SMILES string of the molecule is CCOC(=O)C(C)(CSc1n[nH]c(=O)n1C1CC1)NC. The largest absolute Gasteiger partial charge is 0.465 e. The highest BCUT2D eigenvalue weighted by Gasteiger charge is 2.35. The smallest absolute Gasteiger partial charge is 0.344 e. The molecule has 1 unspecified atom stereocenters. The van der Waals surface area contributed by atoms with E-state index in [1.54, 1.807) is 25.5 Å². The van der Waals surface area contributed by atoms with E-state index in [1.165, 1.54) is 11.8 Å². The van der Waals surface area contributed by atoms with E-state index in [1.807, 2.05) is 0 Å². The summed E-state index contributed by atoms with van der Waals surface area (Å²) in [6.07, 6.45) is 2.02. The number of aromatic nitrogens is 3. The van der Waals surface area contributed by atoms with Crippen LogP contribution in [0.1, 0.15) is 32.7 Å². The molecule has 0 aliphatic heterocycles. The summed E-state index contributed by atoms with van der Waals surface area (Å²) < 4.78 is 6.74. The number of esters is 1. The van der Waals surface area contributed by atoms with Crippen molar-refractivity contribution in [3.05, 3.63) is 10.5 Å². The molecule has 2 N–H and O–H groups in total. The molecule has 1 aromatic heterocycles. The molecule has 2 rings (SSSR count). The number of carbonyl (C=O) groups is 1. The first kappa shape index (κ1) is 15.1. The van der Waals surface area contributed by atoms with Crippen LogP contribution in [-0.2, 0) is 9.53 Å². The van der Waals surface area contributed by atoms with Crippen LogP contribution in [0.5, 0.6) is 0 Å². The Morgan fingerprint density at radius 3 is 2.90 bits per heavy atom. The van der Waals surface area contributed by atoms with Crippen LogP contribution in [0.25, 0.3) is 0 Å². The first-order valence-electron chi connectivity index (χ1n) is 6.67. The lowest BCUT2D eigenvalue weighted by atomic mass is 10.1. The molecule has 8 heteroatoms. The second-order valence-corrected chi connectivity index (χ2v) is 5.95. The van der Waals surface area contributed by atoms with Gasteiger partial charge in [-0.05, 0) is 33.7 Å². The number of rotatable bonds is 7. The van der Waals surface area contributed by atoms with E-state index in [2.05, 4.69) is 15.5 Å². The number of H-pyrrole nitrogens is 1. The zero-order valence-corrected chi connectivity index (χ0v) is 12.7. The third-order valence-electron chi connectivity index (χ3n) is 3.35. The average molecular weight is 300 g/mol. The van der Waals surface area contributed by atoms with Crippen molar-refractivity contribution in [3.63, 3.8) is 0 Å². The molecule has 0 aromatic carbocycles. The minimum atomic E-state index is -0.802. The molecule has 0 bridgehead atoms. The molecule has 0 radical (unpaired) electrons. The average Bonchev–Trinajstić information content (AvgIpc) is 3.20. The molecule has 1 aliphatic carbocycles. The Bertz CT molecular complexity index is 537. The predicted molar refractivity (Wildman–Crippen MR) is 75.9 cm³/mol. The van der Waals surface area contributed by atoms with Crippen molar-refractivity contribution in [2.75, 3.05) is 19.4 Å². The summed E-state index contributed by atoms with van der Waals surface area (Å²) in [7, 11) is 1.72. The van der Waals surface area contributed by atoms with Crippen LogP contribution in [0.3, 0.4) is 0 Å². The second kappa shape index (κ2) is 6.01. The lowest BCUT2D eigenvalue weighted by Crippen LogP contribution is -2.50. The first-order valence-corrected chi connectivity index (χ1v) is 7.66. The van der Waals surface area contributed by atoms with Gasteiger partial charge in [0.1, 0.15) is 5.54 Å². The third-order valence-corrected chi connectivity index (χ3v) is 4.62. The van der Waals surface area contributed by atoms with Gasteiger partial charge in [0.05, 0.1) is 6.61 Å². The third kappa shape index (κ3) is 3.06. The van der Waals surface area contributed by atoms with Gasteiger partial charge in [0, 0.05) is 11.8 Å². The number of carbonyl (C=O) groups excluding carboxylic acids is 1. The van der Waals surface area contributed by atoms with Crippen molar-refractivity contribution in [2.45, 2.75) is 43.4 Å². The highest BCUT2D eigenvalue weighted by atomic mass is 32.2. The molecule has 20 heavy (non-hydrogen) atoms.